The van der Waals surface area contributed by atoms with E-state index in [0.717, 1.165) is 6.54 Å². The minimum atomic E-state index is -3.92. The van der Waals surface area contributed by atoms with Gasteiger partial charge in [0, 0.05) is 18.4 Å². The lowest BCUT2D eigenvalue weighted by Crippen LogP contribution is -2.30. The SMILES string of the molecule is CC[n+]1ccc(C)cc1.CS(=O)(=O)[O-]. The third-order valence-corrected chi connectivity index (χ3v) is 1.42. The molecule has 0 fully saturated rings. The Kier molecular flexibility index (Phi) is 5.34. The summed E-state index contributed by atoms with van der Waals surface area (Å²) in [6.45, 7) is 5.29. The van der Waals surface area contributed by atoms with E-state index in [1.165, 1.54) is 5.56 Å². The fraction of sp³-hybridized carbons (Fsp3) is 0.444. The Morgan fingerprint density at radius 3 is 2.00 bits per heavy atom. The quantitative estimate of drug-likeness (QED) is 0.507. The molecule has 4 nitrogen and oxygen atoms in total. The van der Waals surface area contributed by atoms with Crippen LogP contribution in [-0.4, -0.2) is 19.2 Å². The monoisotopic (exact) mass is 217 g/mol. The van der Waals surface area contributed by atoms with Gasteiger partial charge in [0.25, 0.3) is 0 Å². The maximum atomic E-state index is 9.08. The van der Waals surface area contributed by atoms with Crippen LogP contribution in [-0.2, 0) is 16.7 Å². The summed E-state index contributed by atoms with van der Waals surface area (Å²) in [5.74, 6) is 0. The Labute approximate surface area is 85.0 Å². The molecule has 5 heteroatoms. The van der Waals surface area contributed by atoms with Crippen LogP contribution in [0.4, 0.5) is 0 Å². The van der Waals surface area contributed by atoms with Crippen molar-refractivity contribution in [2.75, 3.05) is 6.26 Å². The summed E-state index contributed by atoms with van der Waals surface area (Å²) < 4.78 is 29.4. The van der Waals surface area contributed by atoms with Crippen molar-refractivity contribution in [2.24, 2.45) is 0 Å². The second-order valence-corrected chi connectivity index (χ2v) is 4.32. The molecule has 0 aliphatic rings. The molecule has 0 aromatic carbocycles. The Hall–Kier alpha value is -0.940. The number of aromatic nitrogens is 1. The maximum absolute atomic E-state index is 9.08. The van der Waals surface area contributed by atoms with Gasteiger partial charge >= 0.3 is 0 Å². The van der Waals surface area contributed by atoms with Crippen LogP contribution in [0.25, 0.3) is 0 Å². The standard InChI is InChI=1S/C8H12N.CH4O3S/c1-3-9-6-4-8(2)5-7-9;1-5(2,3)4/h4-7H,3H2,1-2H3;1H3,(H,2,3,4)/q+1;/p-1. The molecule has 80 valence electrons. The lowest BCUT2D eigenvalue weighted by Gasteiger charge is -1.90. The minimum absolute atomic E-state index is 0.604. The zero-order valence-corrected chi connectivity index (χ0v) is 9.41. The Balaban J connectivity index is 0.000000292. The van der Waals surface area contributed by atoms with Gasteiger partial charge in [0.05, 0.1) is 10.1 Å². The maximum Gasteiger partial charge on any atom is 0.169 e. The normalized spacial score (nSPS) is 10.3. The fourth-order valence-corrected chi connectivity index (χ4v) is 0.743. The van der Waals surface area contributed by atoms with Crippen LogP contribution >= 0.6 is 0 Å². The van der Waals surface area contributed by atoms with Crippen LogP contribution in [0.2, 0.25) is 0 Å². The molecule has 1 aromatic heterocycles. The molecule has 0 unspecified atom stereocenters. The van der Waals surface area contributed by atoms with Gasteiger partial charge in [-0.05, 0) is 19.4 Å². The first kappa shape index (κ1) is 13.1. The first-order valence-corrected chi connectivity index (χ1v) is 6.01. The van der Waals surface area contributed by atoms with E-state index in [9.17, 15) is 0 Å². The van der Waals surface area contributed by atoms with Gasteiger partial charge in [0.2, 0.25) is 0 Å². The first-order valence-electron chi connectivity index (χ1n) is 4.19. The molecule has 0 amide bonds. The molecule has 1 rings (SSSR count). The number of hydrogen-bond donors (Lipinski definition) is 0. The molecule has 0 bridgehead atoms. The number of pyridine rings is 1. The van der Waals surface area contributed by atoms with Crippen molar-refractivity contribution >= 4 is 10.1 Å². The van der Waals surface area contributed by atoms with E-state index in [1.54, 1.807) is 0 Å². The van der Waals surface area contributed by atoms with E-state index < -0.39 is 10.1 Å². The largest absolute Gasteiger partial charge is 0.748 e. The second-order valence-electron chi connectivity index (χ2n) is 2.91. The lowest BCUT2D eigenvalue weighted by atomic mass is 10.3. The zero-order valence-electron chi connectivity index (χ0n) is 8.60. The topological polar surface area (TPSA) is 61.1 Å². The third-order valence-electron chi connectivity index (χ3n) is 1.42. The van der Waals surface area contributed by atoms with E-state index in [2.05, 4.69) is 42.9 Å². The Bertz CT molecular complexity index is 348. The lowest BCUT2D eigenvalue weighted by molar-refractivity contribution is -0.693. The summed E-state index contributed by atoms with van der Waals surface area (Å²) in [6.07, 6.45) is 4.79. The van der Waals surface area contributed by atoms with Gasteiger partial charge in [0.1, 0.15) is 6.54 Å². The molecule has 0 saturated heterocycles. The summed E-state index contributed by atoms with van der Waals surface area (Å²) in [6, 6.07) is 4.23. The summed E-state index contributed by atoms with van der Waals surface area (Å²) >= 11 is 0. The van der Waals surface area contributed by atoms with E-state index in [1.807, 2.05) is 0 Å². The molecular formula is C9H15NO3S. The molecule has 0 saturated carbocycles. The predicted octanol–water partition coefficient (Wildman–Crippen LogP) is 0.464. The first-order chi connectivity index (χ1) is 6.33. The minimum Gasteiger partial charge on any atom is -0.748 e. The van der Waals surface area contributed by atoms with E-state index in [0.29, 0.717) is 6.26 Å². The molecule has 0 aliphatic heterocycles. The summed E-state index contributed by atoms with van der Waals surface area (Å²) in [7, 11) is -3.92. The average molecular weight is 217 g/mol. The van der Waals surface area contributed by atoms with Crippen LogP contribution < -0.4 is 4.57 Å². The highest BCUT2D eigenvalue weighted by molar-refractivity contribution is 7.84. The van der Waals surface area contributed by atoms with Gasteiger partial charge < -0.3 is 4.55 Å². The van der Waals surface area contributed by atoms with Crippen molar-refractivity contribution < 1.29 is 17.5 Å². The summed E-state index contributed by atoms with van der Waals surface area (Å²) in [5, 5.41) is 0. The highest BCUT2D eigenvalue weighted by atomic mass is 32.2. The van der Waals surface area contributed by atoms with Gasteiger partial charge in [-0.15, -0.1) is 0 Å². The van der Waals surface area contributed by atoms with Crippen LogP contribution in [0, 0.1) is 6.92 Å². The smallest absolute Gasteiger partial charge is 0.169 e. The van der Waals surface area contributed by atoms with Gasteiger partial charge in [-0.1, -0.05) is 0 Å². The van der Waals surface area contributed by atoms with E-state index in [4.69, 9.17) is 13.0 Å². The van der Waals surface area contributed by atoms with Gasteiger partial charge in [-0.25, -0.2) is 13.0 Å². The Morgan fingerprint density at radius 2 is 1.71 bits per heavy atom. The molecule has 14 heavy (non-hydrogen) atoms. The van der Waals surface area contributed by atoms with Crippen molar-refractivity contribution in [3.63, 3.8) is 0 Å². The molecule has 0 spiro atoms. The molecule has 0 N–H and O–H groups in total. The third kappa shape index (κ3) is 9.15. The summed E-state index contributed by atoms with van der Waals surface area (Å²) in [5.41, 5.74) is 1.32. The van der Waals surface area contributed by atoms with Crippen LogP contribution in [0.15, 0.2) is 24.5 Å². The molecule has 0 atom stereocenters. The van der Waals surface area contributed by atoms with Crippen LogP contribution in [0.3, 0.4) is 0 Å². The van der Waals surface area contributed by atoms with Crippen molar-refractivity contribution in [1.29, 1.82) is 0 Å². The van der Waals surface area contributed by atoms with Crippen LogP contribution in [0.1, 0.15) is 12.5 Å². The van der Waals surface area contributed by atoms with E-state index >= 15 is 0 Å². The average Bonchev–Trinajstić information content (AvgIpc) is 2.03. The number of aryl methyl sites for hydroxylation is 2. The van der Waals surface area contributed by atoms with Crippen molar-refractivity contribution in [2.45, 2.75) is 20.4 Å². The predicted molar refractivity (Wildman–Crippen MR) is 52.7 cm³/mol. The van der Waals surface area contributed by atoms with Crippen molar-refractivity contribution in [3.05, 3.63) is 30.1 Å². The number of hydrogen-bond acceptors (Lipinski definition) is 3. The highest BCUT2D eigenvalue weighted by Gasteiger charge is 1.90. The van der Waals surface area contributed by atoms with Crippen molar-refractivity contribution in [1.82, 2.24) is 0 Å². The number of rotatable bonds is 1. The van der Waals surface area contributed by atoms with Crippen molar-refractivity contribution in [3.8, 4) is 0 Å². The van der Waals surface area contributed by atoms with Gasteiger partial charge in [-0.2, -0.15) is 0 Å². The highest BCUT2D eigenvalue weighted by Crippen LogP contribution is 1.88. The molecular weight excluding hydrogens is 202 g/mol. The zero-order chi connectivity index (χ0) is 11.2. The summed E-state index contributed by atoms with van der Waals surface area (Å²) in [4.78, 5) is 0. The molecule has 0 aliphatic carbocycles. The van der Waals surface area contributed by atoms with Gasteiger partial charge in [0.15, 0.2) is 12.4 Å². The number of nitrogens with zero attached hydrogens (tertiary/aromatic N) is 1. The second kappa shape index (κ2) is 5.72. The van der Waals surface area contributed by atoms with Gasteiger partial charge in [-0.3, -0.25) is 0 Å². The van der Waals surface area contributed by atoms with E-state index in [-0.39, 0.29) is 0 Å². The molecule has 1 heterocycles. The molecule has 1 aromatic rings. The van der Waals surface area contributed by atoms with Crippen LogP contribution in [0.5, 0.6) is 0 Å². The Morgan fingerprint density at radius 1 is 1.36 bits per heavy atom. The fourth-order valence-electron chi connectivity index (χ4n) is 0.743. The molecule has 0 radical (unpaired) electrons.